The number of hydrogen-bond acceptors (Lipinski definition) is 4. The van der Waals surface area contributed by atoms with Gasteiger partial charge < -0.3 is 14.9 Å². The lowest BCUT2D eigenvalue weighted by Gasteiger charge is -2.34. The molecule has 2 aliphatic rings. The molecule has 0 amide bonds. The van der Waals surface area contributed by atoms with Gasteiger partial charge in [0.25, 0.3) is 6.08 Å². The lowest BCUT2D eigenvalue weighted by atomic mass is 9.73. The second-order valence-corrected chi connectivity index (χ2v) is 9.62. The Morgan fingerprint density at radius 1 is 0.935 bits per heavy atom. The molecule has 0 heterocycles. The molecule has 0 radical (unpaired) electrons. The van der Waals surface area contributed by atoms with Crippen LogP contribution in [0.4, 0.5) is 8.78 Å². The average Bonchev–Trinajstić information content (AvgIpc) is 2.78. The van der Waals surface area contributed by atoms with Crippen molar-refractivity contribution in [2.75, 3.05) is 19.8 Å². The number of aliphatic hydroxyl groups is 2. The van der Waals surface area contributed by atoms with Crippen molar-refractivity contribution in [3.63, 3.8) is 0 Å². The van der Waals surface area contributed by atoms with Crippen molar-refractivity contribution < 1.29 is 28.5 Å². The van der Waals surface area contributed by atoms with Gasteiger partial charge in [-0.25, -0.2) is 4.79 Å². The number of halogens is 2. The summed E-state index contributed by atoms with van der Waals surface area (Å²) in [5, 5.41) is 18.7. The van der Waals surface area contributed by atoms with Gasteiger partial charge in [-0.2, -0.15) is 8.78 Å². The van der Waals surface area contributed by atoms with Crippen molar-refractivity contribution in [3.8, 4) is 0 Å². The number of aliphatic hydroxyl groups excluding tert-OH is 2. The zero-order valence-electron chi connectivity index (χ0n) is 18.7. The first-order chi connectivity index (χ1) is 14.9. The maximum Gasteiger partial charge on any atom is 0.335 e. The van der Waals surface area contributed by atoms with Crippen LogP contribution in [0.1, 0.15) is 77.0 Å². The Hall–Kier alpha value is -1.27. The Balaban J connectivity index is 1.61. The molecular formula is C25H40F2O4. The zero-order chi connectivity index (χ0) is 22.6. The van der Waals surface area contributed by atoms with E-state index in [2.05, 4.69) is 6.58 Å². The second kappa shape index (κ2) is 14.0. The third-order valence-electron chi connectivity index (χ3n) is 7.52. The molecule has 0 spiro atoms. The Bertz CT molecular complexity index is 572. The van der Waals surface area contributed by atoms with Gasteiger partial charge in [-0.3, -0.25) is 0 Å². The molecule has 2 aliphatic carbocycles. The number of allylic oxidation sites excluding steroid dienone is 1. The molecule has 2 N–H and O–H groups in total. The fraction of sp³-hybridized carbons (Fsp3) is 0.800. The number of ether oxygens (including phenoxy) is 1. The lowest BCUT2D eigenvalue weighted by Crippen LogP contribution is -2.29. The highest BCUT2D eigenvalue weighted by molar-refractivity contribution is 5.87. The van der Waals surface area contributed by atoms with Crippen molar-refractivity contribution in [1.82, 2.24) is 0 Å². The summed E-state index contributed by atoms with van der Waals surface area (Å²) in [6, 6.07) is 0. The van der Waals surface area contributed by atoms with Gasteiger partial charge >= 0.3 is 5.97 Å². The number of carbonyl (C=O) groups is 1. The number of carbonyl (C=O) groups excluding carboxylic acids is 1. The van der Waals surface area contributed by atoms with Gasteiger partial charge in [-0.05, 0) is 55.4 Å². The minimum Gasteiger partial charge on any atom is -0.462 e. The van der Waals surface area contributed by atoms with E-state index in [-0.39, 0.29) is 24.7 Å². The summed E-state index contributed by atoms with van der Waals surface area (Å²) < 4.78 is 29.5. The number of rotatable bonds is 12. The van der Waals surface area contributed by atoms with E-state index in [9.17, 15) is 18.7 Å². The molecule has 2 rings (SSSR count). The van der Waals surface area contributed by atoms with Crippen LogP contribution in [0.2, 0.25) is 0 Å². The minimum atomic E-state index is -1.55. The van der Waals surface area contributed by atoms with Gasteiger partial charge in [0.1, 0.15) is 0 Å². The first kappa shape index (κ1) is 26.0. The summed E-state index contributed by atoms with van der Waals surface area (Å²) in [6.45, 7) is 3.24. The van der Waals surface area contributed by atoms with Crippen LogP contribution in [-0.2, 0) is 9.53 Å². The van der Waals surface area contributed by atoms with Gasteiger partial charge in [0.2, 0.25) is 0 Å². The Morgan fingerprint density at radius 3 is 1.94 bits per heavy atom. The van der Waals surface area contributed by atoms with Crippen molar-refractivity contribution in [2.45, 2.75) is 77.0 Å². The molecular weight excluding hydrogens is 402 g/mol. The molecule has 0 aromatic heterocycles. The highest BCUT2D eigenvalue weighted by Crippen LogP contribution is 2.39. The van der Waals surface area contributed by atoms with E-state index in [1.807, 2.05) is 0 Å². The van der Waals surface area contributed by atoms with Gasteiger partial charge in [0, 0.05) is 12.5 Å². The molecule has 0 aromatic rings. The first-order valence-corrected chi connectivity index (χ1v) is 12.0. The third-order valence-corrected chi connectivity index (χ3v) is 7.52. The summed E-state index contributed by atoms with van der Waals surface area (Å²) in [5.41, 5.74) is 0.0416. The average molecular weight is 443 g/mol. The van der Waals surface area contributed by atoms with Gasteiger partial charge in [-0.1, -0.05) is 57.9 Å². The Labute approximate surface area is 185 Å². The third kappa shape index (κ3) is 9.40. The highest BCUT2D eigenvalue weighted by Gasteiger charge is 2.29. The number of hydrogen-bond donors (Lipinski definition) is 2. The molecule has 1 atom stereocenters. The largest absolute Gasteiger partial charge is 0.462 e. The smallest absolute Gasteiger partial charge is 0.335 e. The molecule has 0 saturated heterocycles. The van der Waals surface area contributed by atoms with E-state index in [0.717, 1.165) is 50.0 Å². The van der Waals surface area contributed by atoms with Crippen molar-refractivity contribution in [3.05, 3.63) is 24.3 Å². The van der Waals surface area contributed by atoms with Crippen LogP contribution in [0.15, 0.2) is 24.3 Å². The van der Waals surface area contributed by atoms with E-state index in [4.69, 9.17) is 9.84 Å². The van der Waals surface area contributed by atoms with E-state index in [1.165, 1.54) is 38.5 Å². The maximum atomic E-state index is 12.1. The van der Waals surface area contributed by atoms with Gasteiger partial charge in [0.05, 0.1) is 18.8 Å². The van der Waals surface area contributed by atoms with Crippen LogP contribution >= 0.6 is 0 Å². The SMILES string of the molecule is C=C(CO)C(=O)OCC(CO)C1CCC(CCC2CCC(CCC=C(F)F)CC2)CC1. The second-order valence-electron chi connectivity index (χ2n) is 9.62. The van der Waals surface area contributed by atoms with Crippen molar-refractivity contribution in [2.24, 2.45) is 29.6 Å². The summed E-state index contributed by atoms with van der Waals surface area (Å²) in [6.07, 6.45) is 12.7. The van der Waals surface area contributed by atoms with Crippen LogP contribution in [0.5, 0.6) is 0 Å². The monoisotopic (exact) mass is 442 g/mol. The quantitative estimate of drug-likeness (QED) is 0.303. The number of esters is 1. The fourth-order valence-corrected chi connectivity index (χ4v) is 5.34. The summed E-state index contributed by atoms with van der Waals surface area (Å²) in [5.74, 6) is 1.87. The van der Waals surface area contributed by atoms with Gasteiger partial charge in [0.15, 0.2) is 0 Å². The summed E-state index contributed by atoms with van der Waals surface area (Å²) in [7, 11) is 0. The standard InChI is InChI=1S/C25H40F2O4/c1-18(15-28)25(30)31-17-23(16-29)22-13-11-21(12-14-22)10-9-20-7-5-19(6-8-20)3-2-4-24(26)27/h4,19-23,28-29H,1-3,5-17H2. The van der Waals surface area contributed by atoms with E-state index >= 15 is 0 Å². The maximum absolute atomic E-state index is 12.1. The van der Waals surface area contributed by atoms with E-state index in [1.54, 1.807) is 0 Å². The van der Waals surface area contributed by atoms with Crippen LogP contribution in [0, 0.1) is 29.6 Å². The topological polar surface area (TPSA) is 66.8 Å². The first-order valence-electron chi connectivity index (χ1n) is 12.0. The molecule has 0 aromatic carbocycles. The molecule has 6 heteroatoms. The summed E-state index contributed by atoms with van der Waals surface area (Å²) >= 11 is 0. The molecule has 31 heavy (non-hydrogen) atoms. The van der Waals surface area contributed by atoms with Crippen molar-refractivity contribution >= 4 is 5.97 Å². The Morgan fingerprint density at radius 2 is 1.45 bits per heavy atom. The van der Waals surface area contributed by atoms with Crippen LogP contribution in [0.3, 0.4) is 0 Å². The normalized spacial score (nSPS) is 27.4. The van der Waals surface area contributed by atoms with Crippen LogP contribution in [0.25, 0.3) is 0 Å². The molecule has 178 valence electrons. The highest BCUT2D eigenvalue weighted by atomic mass is 19.3. The molecule has 0 aliphatic heterocycles. The van der Waals surface area contributed by atoms with Crippen molar-refractivity contribution in [1.29, 1.82) is 0 Å². The van der Waals surface area contributed by atoms with Gasteiger partial charge in [-0.15, -0.1) is 0 Å². The predicted molar refractivity (Wildman–Crippen MR) is 117 cm³/mol. The zero-order valence-corrected chi connectivity index (χ0v) is 18.7. The summed E-state index contributed by atoms with van der Waals surface area (Å²) in [4.78, 5) is 11.7. The van der Waals surface area contributed by atoms with E-state index in [0.29, 0.717) is 18.3 Å². The molecule has 0 bridgehead atoms. The minimum absolute atomic E-state index is 0.00518. The lowest BCUT2D eigenvalue weighted by molar-refractivity contribution is -0.142. The molecule has 2 saturated carbocycles. The molecule has 4 nitrogen and oxygen atoms in total. The Kier molecular flexibility index (Phi) is 11.7. The molecule has 2 fully saturated rings. The van der Waals surface area contributed by atoms with Crippen LogP contribution in [-0.4, -0.2) is 36.0 Å². The van der Waals surface area contributed by atoms with E-state index < -0.39 is 18.7 Å². The predicted octanol–water partition coefficient (Wildman–Crippen LogP) is 5.64. The van der Waals surface area contributed by atoms with Crippen LogP contribution < -0.4 is 0 Å². The fourth-order valence-electron chi connectivity index (χ4n) is 5.34. The molecule has 1 unspecified atom stereocenters.